The van der Waals surface area contributed by atoms with Crippen LogP contribution < -0.4 is 37.2 Å². The Morgan fingerprint density at radius 2 is 1.29 bits per heavy atom. The normalized spacial score (nSPS) is 30.0. The summed E-state index contributed by atoms with van der Waals surface area (Å²) in [6.45, 7) is 10.5. The number of hydrogen-bond acceptors (Lipinski definition) is 8. The van der Waals surface area contributed by atoms with Gasteiger partial charge in [-0.3, -0.25) is 14.9 Å². The van der Waals surface area contributed by atoms with Gasteiger partial charge in [0, 0.05) is 44.6 Å². The van der Waals surface area contributed by atoms with Crippen molar-refractivity contribution in [2.75, 3.05) is 65.4 Å². The average Bonchev–Trinajstić information content (AvgIpc) is 2.71. The molecule has 2 fully saturated rings. The first-order valence-corrected chi connectivity index (χ1v) is 11.8. The molecule has 0 atom stereocenters. The first-order chi connectivity index (χ1) is 14.9. The Labute approximate surface area is 186 Å². The number of nitrogens with one attached hydrogen (secondary N) is 7. The topological polar surface area (TPSA) is 139 Å². The molecule has 2 rings (SSSR count). The van der Waals surface area contributed by atoms with E-state index in [9.17, 15) is 9.59 Å². The van der Waals surface area contributed by atoms with Crippen molar-refractivity contribution >= 4 is 11.9 Å². The molecule has 180 valence electrons. The van der Waals surface area contributed by atoms with E-state index >= 15 is 0 Å². The molecule has 0 spiro atoms. The smallest absolute Gasteiger partial charge is 0.303 e. The van der Waals surface area contributed by atoms with Crippen molar-refractivity contribution in [1.29, 1.82) is 0 Å². The summed E-state index contributed by atoms with van der Waals surface area (Å²) in [4.78, 5) is 23.4. The lowest BCUT2D eigenvalue weighted by molar-refractivity contribution is -0.137. The average molecular weight is 442 g/mol. The Morgan fingerprint density at radius 1 is 0.774 bits per heavy atom. The van der Waals surface area contributed by atoms with Gasteiger partial charge >= 0.3 is 5.97 Å². The zero-order valence-electron chi connectivity index (χ0n) is 19.1. The number of carboxylic acids is 1. The zero-order valence-corrected chi connectivity index (χ0v) is 19.1. The molecular weight excluding hydrogens is 398 g/mol. The highest BCUT2D eigenvalue weighted by Gasteiger charge is 2.31. The molecular formula is C21H43N7O3. The number of carbonyl (C=O) groups is 2. The van der Waals surface area contributed by atoms with Gasteiger partial charge in [-0.25, -0.2) is 0 Å². The number of aliphatic carboxylic acids is 1. The number of fused-ring (bicyclic) bond motifs is 6. The summed E-state index contributed by atoms with van der Waals surface area (Å²) in [5, 5.41) is 33.5. The SMILES string of the molecule is C[C@]12CNCCCNC[C@](NC(=O)CCCC(=O)O)(CNCCCNC1)NCCCN2. The molecule has 10 nitrogen and oxygen atoms in total. The van der Waals surface area contributed by atoms with Crippen LogP contribution >= 0.6 is 0 Å². The molecule has 0 saturated carbocycles. The third kappa shape index (κ3) is 10.7. The molecule has 0 unspecified atom stereocenters. The van der Waals surface area contributed by atoms with E-state index < -0.39 is 11.6 Å². The molecule has 31 heavy (non-hydrogen) atoms. The van der Waals surface area contributed by atoms with Crippen molar-refractivity contribution in [3.8, 4) is 0 Å². The third-order valence-electron chi connectivity index (χ3n) is 5.84. The van der Waals surface area contributed by atoms with E-state index in [0.717, 1.165) is 71.6 Å². The summed E-state index contributed by atoms with van der Waals surface area (Å²) < 4.78 is 0. The van der Waals surface area contributed by atoms with E-state index in [1.54, 1.807) is 0 Å². The Bertz CT molecular complexity index is 529. The standard InChI is InChI=1S/C21H43N7O3/c1-20-14-22-8-3-10-24-16-21(27-13-5-12-26-20,17-25-11-4-9-23-15-20)28-18(29)6-2-7-19(30)31/h22-27H,2-17H2,1H3,(H,28,29)(H,30,31)/t20-,21-. The monoisotopic (exact) mass is 441 g/mol. The number of carboxylic acid groups (broad SMARTS) is 1. The molecule has 0 aromatic carbocycles. The second-order valence-corrected chi connectivity index (χ2v) is 9.06. The molecule has 2 bridgehead atoms. The first kappa shape index (κ1) is 26.0. The number of carbonyl (C=O) groups excluding carboxylic acids is 1. The van der Waals surface area contributed by atoms with E-state index in [1.807, 2.05) is 0 Å². The Morgan fingerprint density at radius 3 is 1.87 bits per heavy atom. The number of amides is 1. The second kappa shape index (κ2) is 14.0. The molecule has 10 heteroatoms. The Kier molecular flexibility index (Phi) is 11.7. The van der Waals surface area contributed by atoms with Crippen molar-refractivity contribution in [1.82, 2.24) is 37.2 Å². The maximum atomic E-state index is 12.6. The van der Waals surface area contributed by atoms with Crippen molar-refractivity contribution < 1.29 is 14.7 Å². The van der Waals surface area contributed by atoms with Crippen molar-refractivity contribution in [3.63, 3.8) is 0 Å². The lowest BCUT2D eigenvalue weighted by Crippen LogP contribution is -2.69. The van der Waals surface area contributed by atoms with Crippen LogP contribution in [0.1, 0.15) is 45.4 Å². The fourth-order valence-corrected chi connectivity index (χ4v) is 4.05. The Balaban J connectivity index is 2.08. The predicted molar refractivity (Wildman–Crippen MR) is 122 cm³/mol. The van der Waals surface area contributed by atoms with Gasteiger partial charge in [0.2, 0.25) is 5.91 Å². The molecule has 0 aromatic heterocycles. The predicted octanol–water partition coefficient (Wildman–Crippen LogP) is -1.45. The van der Waals surface area contributed by atoms with Gasteiger partial charge in [-0.05, 0) is 71.9 Å². The highest BCUT2D eigenvalue weighted by Crippen LogP contribution is 2.06. The van der Waals surface area contributed by atoms with Crippen LogP contribution in [0.5, 0.6) is 0 Å². The van der Waals surface area contributed by atoms with Crippen LogP contribution in [0.25, 0.3) is 0 Å². The molecule has 2 saturated heterocycles. The van der Waals surface area contributed by atoms with E-state index in [4.69, 9.17) is 5.11 Å². The van der Waals surface area contributed by atoms with Gasteiger partial charge < -0.3 is 37.0 Å². The fraction of sp³-hybridized carbons (Fsp3) is 0.905. The van der Waals surface area contributed by atoms with Gasteiger partial charge in [0.05, 0.1) is 0 Å². The molecule has 0 aromatic rings. The van der Waals surface area contributed by atoms with Gasteiger partial charge in [-0.2, -0.15) is 0 Å². The van der Waals surface area contributed by atoms with Gasteiger partial charge in [0.15, 0.2) is 0 Å². The van der Waals surface area contributed by atoms with Crippen molar-refractivity contribution in [2.24, 2.45) is 0 Å². The van der Waals surface area contributed by atoms with Crippen molar-refractivity contribution in [2.45, 2.75) is 56.7 Å². The number of rotatable bonds is 5. The summed E-state index contributed by atoms with van der Waals surface area (Å²) in [5.41, 5.74) is -0.622. The Hall–Kier alpha value is -1.30. The van der Waals surface area contributed by atoms with Crippen LogP contribution in [0.2, 0.25) is 0 Å². The summed E-state index contributed by atoms with van der Waals surface area (Å²) in [6, 6.07) is 0. The molecule has 8 N–H and O–H groups in total. The third-order valence-corrected chi connectivity index (χ3v) is 5.84. The summed E-state index contributed by atoms with van der Waals surface area (Å²) in [7, 11) is 0. The molecule has 2 aliphatic heterocycles. The molecule has 0 aliphatic carbocycles. The minimum atomic E-state index is -0.870. The highest BCUT2D eigenvalue weighted by molar-refractivity contribution is 5.77. The highest BCUT2D eigenvalue weighted by atomic mass is 16.4. The van der Waals surface area contributed by atoms with Gasteiger partial charge in [0.25, 0.3) is 0 Å². The van der Waals surface area contributed by atoms with Crippen LogP contribution in [-0.4, -0.2) is 93.6 Å². The quantitative estimate of drug-likeness (QED) is 0.257. The minimum Gasteiger partial charge on any atom is -0.481 e. The van der Waals surface area contributed by atoms with E-state index in [0.29, 0.717) is 19.5 Å². The maximum absolute atomic E-state index is 12.6. The summed E-state index contributed by atoms with van der Waals surface area (Å²) >= 11 is 0. The maximum Gasteiger partial charge on any atom is 0.303 e. The molecule has 0 radical (unpaired) electrons. The van der Waals surface area contributed by atoms with Gasteiger partial charge in [-0.1, -0.05) is 0 Å². The van der Waals surface area contributed by atoms with Gasteiger partial charge in [-0.15, -0.1) is 0 Å². The van der Waals surface area contributed by atoms with Gasteiger partial charge in [0.1, 0.15) is 5.66 Å². The van der Waals surface area contributed by atoms with Crippen molar-refractivity contribution in [3.05, 3.63) is 0 Å². The lowest BCUT2D eigenvalue weighted by atomic mass is 10.0. The van der Waals surface area contributed by atoms with Crippen LogP contribution in [0.3, 0.4) is 0 Å². The molecule has 2 aliphatic rings. The van der Waals surface area contributed by atoms with Crippen LogP contribution in [0.4, 0.5) is 0 Å². The van der Waals surface area contributed by atoms with E-state index in [1.165, 1.54) is 0 Å². The van der Waals surface area contributed by atoms with Crippen LogP contribution in [0.15, 0.2) is 0 Å². The number of hydrogen-bond donors (Lipinski definition) is 8. The summed E-state index contributed by atoms with van der Waals surface area (Å²) in [5.74, 6) is -0.987. The summed E-state index contributed by atoms with van der Waals surface area (Å²) in [6.07, 6.45) is 3.50. The lowest BCUT2D eigenvalue weighted by Gasteiger charge is -2.38. The van der Waals surface area contributed by atoms with Crippen LogP contribution in [0, 0.1) is 0 Å². The zero-order chi connectivity index (χ0) is 22.4. The van der Waals surface area contributed by atoms with E-state index in [2.05, 4.69) is 44.1 Å². The first-order valence-electron chi connectivity index (χ1n) is 11.8. The second-order valence-electron chi connectivity index (χ2n) is 9.06. The fourth-order valence-electron chi connectivity index (χ4n) is 4.05. The minimum absolute atomic E-state index is 0.00872. The van der Waals surface area contributed by atoms with Crippen LogP contribution in [-0.2, 0) is 9.59 Å². The largest absolute Gasteiger partial charge is 0.481 e. The van der Waals surface area contributed by atoms with E-state index in [-0.39, 0.29) is 24.3 Å². The molecule has 1 amide bonds. The molecule has 2 heterocycles.